The number of aromatic hydroxyl groups is 1. The van der Waals surface area contributed by atoms with Crippen LogP contribution in [-0.4, -0.2) is 28.3 Å². The summed E-state index contributed by atoms with van der Waals surface area (Å²) in [6.45, 7) is 1.21. The van der Waals surface area contributed by atoms with Crippen LogP contribution in [0.2, 0.25) is 0 Å². The molecule has 0 aliphatic heterocycles. The van der Waals surface area contributed by atoms with Gasteiger partial charge in [-0.1, -0.05) is 12.1 Å². The fourth-order valence-electron chi connectivity index (χ4n) is 2.81. The highest BCUT2D eigenvalue weighted by atomic mass is 19.1. The Morgan fingerprint density at radius 1 is 1.07 bits per heavy atom. The number of phenolic OH excluding ortho intramolecular Hbond substituents is 1. The van der Waals surface area contributed by atoms with E-state index in [0.29, 0.717) is 11.4 Å². The molecule has 1 N–H and O–H groups in total. The van der Waals surface area contributed by atoms with Gasteiger partial charge >= 0.3 is 0 Å². The van der Waals surface area contributed by atoms with Crippen LogP contribution in [0, 0.1) is 5.82 Å². The number of pyridine rings is 1. The molecule has 0 saturated heterocycles. The molecule has 28 heavy (non-hydrogen) atoms. The standard InChI is InChI=1S/C21H16FNO5/c1-12(24)15-9-13(20(26)16-10-14(22)7-8-18(16)25)11-23(21(15)27)17-5-3-4-6-19(17)28-2/h3-11,25H,1-2H3. The highest BCUT2D eigenvalue weighted by molar-refractivity contribution is 6.11. The van der Waals surface area contributed by atoms with Gasteiger partial charge in [0.15, 0.2) is 11.6 Å². The second-order valence-corrected chi connectivity index (χ2v) is 6.04. The van der Waals surface area contributed by atoms with Crippen molar-refractivity contribution in [1.82, 2.24) is 4.57 Å². The van der Waals surface area contributed by atoms with E-state index in [-0.39, 0.29) is 16.7 Å². The maximum atomic E-state index is 13.5. The number of halogens is 1. The Bertz CT molecular complexity index is 1150. The van der Waals surface area contributed by atoms with Crippen LogP contribution in [-0.2, 0) is 0 Å². The molecule has 0 spiro atoms. The molecule has 0 aliphatic rings. The number of hydrogen-bond donors (Lipinski definition) is 1. The lowest BCUT2D eigenvalue weighted by Crippen LogP contribution is -2.26. The monoisotopic (exact) mass is 381 g/mol. The van der Waals surface area contributed by atoms with Gasteiger partial charge in [-0.15, -0.1) is 0 Å². The summed E-state index contributed by atoms with van der Waals surface area (Å²) in [5, 5.41) is 9.93. The molecule has 1 aromatic heterocycles. The average Bonchev–Trinajstić information content (AvgIpc) is 2.69. The van der Waals surface area contributed by atoms with Crippen LogP contribution < -0.4 is 10.3 Å². The molecule has 0 saturated carbocycles. The zero-order chi connectivity index (χ0) is 20.4. The first-order valence-corrected chi connectivity index (χ1v) is 8.27. The first-order chi connectivity index (χ1) is 13.3. The molecule has 0 aliphatic carbocycles. The minimum atomic E-state index is -0.733. The molecule has 0 fully saturated rings. The molecule has 142 valence electrons. The van der Waals surface area contributed by atoms with Crippen molar-refractivity contribution in [2.75, 3.05) is 7.11 Å². The van der Waals surface area contributed by atoms with Crippen molar-refractivity contribution in [3.05, 3.63) is 87.6 Å². The van der Waals surface area contributed by atoms with Crippen LogP contribution in [0.5, 0.6) is 11.5 Å². The smallest absolute Gasteiger partial charge is 0.266 e. The Labute approximate surface area is 159 Å². The summed E-state index contributed by atoms with van der Waals surface area (Å²) in [5.41, 5.74) is -0.850. The lowest BCUT2D eigenvalue weighted by atomic mass is 10.0. The maximum Gasteiger partial charge on any atom is 0.266 e. The number of benzene rings is 2. The van der Waals surface area contributed by atoms with Gasteiger partial charge in [0.05, 0.1) is 23.9 Å². The molecule has 0 unspecified atom stereocenters. The minimum Gasteiger partial charge on any atom is -0.507 e. The van der Waals surface area contributed by atoms with Crippen molar-refractivity contribution in [2.45, 2.75) is 6.92 Å². The van der Waals surface area contributed by atoms with Crippen molar-refractivity contribution in [2.24, 2.45) is 0 Å². The van der Waals surface area contributed by atoms with Crippen molar-refractivity contribution in [1.29, 1.82) is 0 Å². The Morgan fingerprint density at radius 2 is 1.79 bits per heavy atom. The lowest BCUT2D eigenvalue weighted by Gasteiger charge is -2.14. The summed E-state index contributed by atoms with van der Waals surface area (Å²) in [5.74, 6) is -2.02. The van der Waals surface area contributed by atoms with E-state index in [1.54, 1.807) is 24.3 Å². The molecule has 3 aromatic rings. The van der Waals surface area contributed by atoms with Crippen molar-refractivity contribution in [3.8, 4) is 17.2 Å². The van der Waals surface area contributed by atoms with Crippen LogP contribution >= 0.6 is 0 Å². The fourth-order valence-corrected chi connectivity index (χ4v) is 2.81. The van der Waals surface area contributed by atoms with E-state index in [9.17, 15) is 23.9 Å². The molecule has 0 amide bonds. The number of Topliss-reactive ketones (excluding diaryl/α,β-unsaturated/α-hetero) is 1. The van der Waals surface area contributed by atoms with Gasteiger partial charge in [-0.3, -0.25) is 19.0 Å². The Hall–Kier alpha value is -3.74. The van der Waals surface area contributed by atoms with Gasteiger partial charge in [-0.2, -0.15) is 0 Å². The molecular formula is C21H16FNO5. The summed E-state index contributed by atoms with van der Waals surface area (Å²) < 4.78 is 19.9. The van der Waals surface area contributed by atoms with Gasteiger partial charge in [0.2, 0.25) is 0 Å². The quantitative estimate of drug-likeness (QED) is 0.687. The van der Waals surface area contributed by atoms with Crippen LogP contribution in [0.25, 0.3) is 5.69 Å². The third-order valence-corrected chi connectivity index (χ3v) is 4.21. The van der Waals surface area contributed by atoms with Crippen molar-refractivity contribution < 1.29 is 23.8 Å². The summed E-state index contributed by atoms with van der Waals surface area (Å²) in [4.78, 5) is 37.6. The normalized spacial score (nSPS) is 10.5. The molecule has 0 radical (unpaired) electrons. The third-order valence-electron chi connectivity index (χ3n) is 4.21. The summed E-state index contributed by atoms with van der Waals surface area (Å²) in [6, 6.07) is 10.7. The molecule has 6 nitrogen and oxygen atoms in total. The zero-order valence-corrected chi connectivity index (χ0v) is 15.1. The molecule has 7 heteroatoms. The van der Waals surface area contributed by atoms with Gasteiger partial charge < -0.3 is 9.84 Å². The van der Waals surface area contributed by atoms with E-state index >= 15 is 0 Å². The predicted octanol–water partition coefficient (Wildman–Crippen LogP) is 3.12. The summed E-state index contributed by atoms with van der Waals surface area (Å²) >= 11 is 0. The van der Waals surface area contributed by atoms with E-state index in [1.807, 2.05) is 0 Å². The maximum absolute atomic E-state index is 13.5. The second-order valence-electron chi connectivity index (χ2n) is 6.04. The van der Waals surface area contributed by atoms with Crippen LogP contribution in [0.1, 0.15) is 33.2 Å². The molecule has 0 bridgehead atoms. The van der Waals surface area contributed by atoms with Crippen LogP contribution in [0.3, 0.4) is 0 Å². The predicted molar refractivity (Wildman–Crippen MR) is 100 cm³/mol. The van der Waals surface area contributed by atoms with E-state index < -0.39 is 28.7 Å². The number of rotatable bonds is 5. The first kappa shape index (κ1) is 19.0. The number of nitrogens with zero attached hydrogens (tertiary/aromatic N) is 1. The highest BCUT2D eigenvalue weighted by Crippen LogP contribution is 2.24. The number of carbonyl (C=O) groups excluding carboxylic acids is 2. The van der Waals surface area contributed by atoms with Crippen molar-refractivity contribution in [3.63, 3.8) is 0 Å². The molecule has 2 aromatic carbocycles. The number of ether oxygens (including phenoxy) is 1. The number of methoxy groups -OCH3 is 1. The SMILES string of the molecule is COc1ccccc1-n1cc(C(=O)c2cc(F)ccc2O)cc(C(C)=O)c1=O. The minimum absolute atomic E-state index is 0.0587. The van der Waals surface area contributed by atoms with Gasteiger partial charge in [-0.25, -0.2) is 4.39 Å². The van der Waals surface area contributed by atoms with Crippen LogP contribution in [0.4, 0.5) is 4.39 Å². The first-order valence-electron chi connectivity index (χ1n) is 8.27. The molecule has 3 rings (SSSR count). The Morgan fingerprint density at radius 3 is 2.46 bits per heavy atom. The van der Waals surface area contributed by atoms with Crippen molar-refractivity contribution >= 4 is 11.6 Å². The highest BCUT2D eigenvalue weighted by Gasteiger charge is 2.20. The topological polar surface area (TPSA) is 85.6 Å². The summed E-state index contributed by atoms with van der Waals surface area (Å²) in [6.07, 6.45) is 1.24. The Kier molecular flexibility index (Phi) is 5.08. The largest absolute Gasteiger partial charge is 0.507 e. The summed E-state index contributed by atoms with van der Waals surface area (Å²) in [7, 11) is 1.43. The lowest BCUT2D eigenvalue weighted by molar-refractivity contribution is 0.101. The number of ketones is 2. The van der Waals surface area contributed by atoms with E-state index in [4.69, 9.17) is 4.74 Å². The second kappa shape index (κ2) is 7.48. The van der Waals surface area contributed by atoms with Crippen LogP contribution in [0.15, 0.2) is 59.5 Å². The molecular weight excluding hydrogens is 365 g/mol. The molecule has 0 atom stereocenters. The number of aromatic nitrogens is 1. The van der Waals surface area contributed by atoms with E-state index in [1.165, 1.54) is 20.2 Å². The fraction of sp³-hybridized carbons (Fsp3) is 0.0952. The van der Waals surface area contributed by atoms with Gasteiger partial charge in [0.1, 0.15) is 17.3 Å². The van der Waals surface area contributed by atoms with E-state index in [2.05, 4.69) is 0 Å². The average molecular weight is 381 g/mol. The number of carbonyl (C=O) groups is 2. The van der Waals surface area contributed by atoms with Gasteiger partial charge in [0, 0.05) is 11.8 Å². The number of hydrogen-bond acceptors (Lipinski definition) is 5. The van der Waals surface area contributed by atoms with Gasteiger partial charge in [-0.05, 0) is 43.3 Å². The molecule has 1 heterocycles. The zero-order valence-electron chi connectivity index (χ0n) is 15.1. The number of para-hydroxylation sites is 2. The van der Waals surface area contributed by atoms with E-state index in [0.717, 1.165) is 28.8 Å². The number of phenols is 1. The third kappa shape index (κ3) is 3.42. The van der Waals surface area contributed by atoms with Gasteiger partial charge in [0.25, 0.3) is 5.56 Å². The Balaban J connectivity index is 2.28.